The van der Waals surface area contributed by atoms with E-state index in [4.69, 9.17) is 10.5 Å². The smallest absolute Gasteiger partial charge is 0.225 e. The van der Waals surface area contributed by atoms with E-state index in [1.54, 1.807) is 0 Å². The van der Waals surface area contributed by atoms with Crippen LogP contribution in [0.1, 0.15) is 39.5 Å². The number of hydrogen-bond donors (Lipinski definition) is 1. The van der Waals surface area contributed by atoms with Crippen molar-refractivity contribution in [3.8, 4) is 0 Å². The van der Waals surface area contributed by atoms with Gasteiger partial charge < -0.3 is 15.4 Å². The van der Waals surface area contributed by atoms with Crippen molar-refractivity contribution < 1.29 is 9.53 Å². The van der Waals surface area contributed by atoms with Crippen LogP contribution in [0.15, 0.2) is 0 Å². The van der Waals surface area contributed by atoms with Gasteiger partial charge in [-0.3, -0.25) is 4.79 Å². The van der Waals surface area contributed by atoms with Crippen LogP contribution in [0.5, 0.6) is 0 Å². The fourth-order valence-corrected chi connectivity index (χ4v) is 2.37. The molecule has 0 atom stereocenters. The third-order valence-electron chi connectivity index (χ3n) is 3.52. The van der Waals surface area contributed by atoms with E-state index in [0.29, 0.717) is 31.7 Å². The third kappa shape index (κ3) is 4.64. The van der Waals surface area contributed by atoms with E-state index >= 15 is 0 Å². The zero-order valence-corrected chi connectivity index (χ0v) is 11.2. The number of nitrogens with two attached hydrogens (primary N) is 1. The lowest BCUT2D eigenvalue weighted by atomic mass is 9.85. The summed E-state index contributed by atoms with van der Waals surface area (Å²) >= 11 is 0. The van der Waals surface area contributed by atoms with Gasteiger partial charge in [0.2, 0.25) is 5.91 Å². The molecule has 0 aromatic carbocycles. The van der Waals surface area contributed by atoms with Crippen LogP contribution in [0.4, 0.5) is 0 Å². The van der Waals surface area contributed by atoms with Gasteiger partial charge in [0, 0.05) is 31.7 Å². The maximum absolute atomic E-state index is 12.3. The van der Waals surface area contributed by atoms with E-state index in [2.05, 4.69) is 0 Å². The molecular weight excluding hydrogens is 216 g/mol. The Hall–Kier alpha value is -0.610. The van der Waals surface area contributed by atoms with Crippen molar-refractivity contribution in [2.75, 3.05) is 26.3 Å². The molecule has 0 radical (unpaired) electrons. The molecule has 0 aromatic rings. The van der Waals surface area contributed by atoms with Crippen molar-refractivity contribution in [3.05, 3.63) is 0 Å². The summed E-state index contributed by atoms with van der Waals surface area (Å²) in [6.45, 7) is 6.84. The van der Waals surface area contributed by atoms with Gasteiger partial charge in [0.05, 0.1) is 6.61 Å². The lowest BCUT2D eigenvalue weighted by Crippen LogP contribution is -2.41. The predicted octanol–water partition coefficient (Wildman–Crippen LogP) is 1.39. The summed E-state index contributed by atoms with van der Waals surface area (Å²) in [5.41, 5.74) is 5.86. The molecule has 0 saturated heterocycles. The third-order valence-corrected chi connectivity index (χ3v) is 3.52. The highest BCUT2D eigenvalue weighted by Gasteiger charge is 2.27. The zero-order chi connectivity index (χ0) is 12.7. The second-order valence-electron chi connectivity index (χ2n) is 4.73. The monoisotopic (exact) mass is 242 g/mol. The summed E-state index contributed by atoms with van der Waals surface area (Å²) in [4.78, 5) is 14.2. The minimum absolute atomic E-state index is 0.191. The van der Waals surface area contributed by atoms with E-state index in [9.17, 15) is 4.79 Å². The molecule has 1 amide bonds. The van der Waals surface area contributed by atoms with Crippen molar-refractivity contribution in [2.45, 2.75) is 45.6 Å². The van der Waals surface area contributed by atoms with Crippen LogP contribution < -0.4 is 5.73 Å². The summed E-state index contributed by atoms with van der Waals surface area (Å²) in [6, 6.07) is 0.303. The molecule has 17 heavy (non-hydrogen) atoms. The Morgan fingerprint density at radius 3 is 2.47 bits per heavy atom. The van der Waals surface area contributed by atoms with Crippen LogP contribution in [0.3, 0.4) is 0 Å². The first-order valence-electron chi connectivity index (χ1n) is 6.81. The Labute approximate surface area is 104 Å². The first-order valence-corrected chi connectivity index (χ1v) is 6.81. The van der Waals surface area contributed by atoms with Crippen LogP contribution in [0.25, 0.3) is 0 Å². The minimum Gasteiger partial charge on any atom is -0.380 e. The average Bonchev–Trinajstić information content (AvgIpc) is 2.35. The molecule has 0 bridgehead atoms. The van der Waals surface area contributed by atoms with Crippen LogP contribution in [-0.2, 0) is 9.53 Å². The first-order chi connectivity index (χ1) is 8.19. The van der Waals surface area contributed by atoms with Gasteiger partial charge >= 0.3 is 0 Å². The maximum atomic E-state index is 12.3. The van der Waals surface area contributed by atoms with E-state index < -0.39 is 0 Å². The first kappa shape index (κ1) is 14.5. The number of amides is 1. The number of nitrogens with zero attached hydrogens (tertiary/aromatic N) is 1. The fourth-order valence-electron chi connectivity index (χ4n) is 2.37. The Balaban J connectivity index is 2.37. The zero-order valence-electron chi connectivity index (χ0n) is 11.2. The Morgan fingerprint density at radius 1 is 1.29 bits per heavy atom. The predicted molar refractivity (Wildman–Crippen MR) is 68.7 cm³/mol. The molecule has 1 aliphatic rings. The molecule has 0 spiro atoms. The number of ether oxygens (including phenoxy) is 1. The summed E-state index contributed by atoms with van der Waals surface area (Å²) in [7, 11) is 0. The van der Waals surface area contributed by atoms with Gasteiger partial charge in [-0.2, -0.15) is 0 Å². The lowest BCUT2D eigenvalue weighted by Gasteiger charge is -2.30. The van der Waals surface area contributed by atoms with Gasteiger partial charge in [-0.05, 0) is 39.5 Å². The average molecular weight is 242 g/mol. The topological polar surface area (TPSA) is 55.6 Å². The van der Waals surface area contributed by atoms with Crippen LogP contribution in [-0.4, -0.2) is 43.2 Å². The van der Waals surface area contributed by atoms with Crippen molar-refractivity contribution in [1.29, 1.82) is 0 Å². The number of rotatable bonds is 6. The second kappa shape index (κ2) is 7.67. The fraction of sp³-hybridized carbons (Fsp3) is 0.923. The molecule has 0 heterocycles. The van der Waals surface area contributed by atoms with Crippen LogP contribution in [0.2, 0.25) is 0 Å². The van der Waals surface area contributed by atoms with E-state index in [1.807, 2.05) is 18.7 Å². The largest absolute Gasteiger partial charge is 0.380 e. The van der Waals surface area contributed by atoms with Crippen LogP contribution >= 0.6 is 0 Å². The number of likely N-dealkylation sites (N-methyl/N-ethyl adjacent to an activating group) is 1. The molecule has 0 aliphatic heterocycles. The molecule has 4 heteroatoms. The highest BCUT2D eigenvalue weighted by Crippen LogP contribution is 2.24. The van der Waals surface area contributed by atoms with Gasteiger partial charge in [0.25, 0.3) is 0 Å². The standard InChI is InChI=1S/C13H26N2O2/c1-3-15(9-10-17-4-2)13(16)11-5-7-12(14)8-6-11/h11-12H,3-10,14H2,1-2H3. The summed E-state index contributed by atoms with van der Waals surface area (Å²) < 4.78 is 5.31. The van der Waals surface area contributed by atoms with E-state index in [0.717, 1.165) is 32.2 Å². The van der Waals surface area contributed by atoms with E-state index in [1.165, 1.54) is 0 Å². The highest BCUT2D eigenvalue weighted by molar-refractivity contribution is 5.78. The summed E-state index contributed by atoms with van der Waals surface area (Å²) in [5.74, 6) is 0.482. The molecule has 4 nitrogen and oxygen atoms in total. The summed E-state index contributed by atoms with van der Waals surface area (Å²) in [5, 5.41) is 0. The molecule has 0 aromatic heterocycles. The molecule has 1 rings (SSSR count). The number of carbonyl (C=O) groups excluding carboxylic acids is 1. The van der Waals surface area contributed by atoms with Crippen molar-refractivity contribution in [3.63, 3.8) is 0 Å². The molecule has 100 valence electrons. The van der Waals surface area contributed by atoms with E-state index in [-0.39, 0.29) is 5.92 Å². The normalized spacial score (nSPS) is 24.6. The van der Waals surface area contributed by atoms with Gasteiger partial charge in [0.15, 0.2) is 0 Å². The SMILES string of the molecule is CCOCCN(CC)C(=O)C1CCC(N)CC1. The van der Waals surface area contributed by atoms with Crippen LogP contribution in [0, 0.1) is 5.92 Å². The lowest BCUT2D eigenvalue weighted by molar-refractivity contribution is -0.137. The van der Waals surface area contributed by atoms with Gasteiger partial charge in [-0.1, -0.05) is 0 Å². The number of hydrogen-bond acceptors (Lipinski definition) is 3. The molecule has 0 unspecified atom stereocenters. The maximum Gasteiger partial charge on any atom is 0.225 e. The molecule has 1 saturated carbocycles. The molecule has 1 aliphatic carbocycles. The molecular formula is C13H26N2O2. The Morgan fingerprint density at radius 2 is 1.94 bits per heavy atom. The molecule has 1 fully saturated rings. The van der Waals surface area contributed by atoms with Gasteiger partial charge in [0.1, 0.15) is 0 Å². The minimum atomic E-state index is 0.191. The van der Waals surface area contributed by atoms with Crippen molar-refractivity contribution >= 4 is 5.91 Å². The highest BCUT2D eigenvalue weighted by atomic mass is 16.5. The van der Waals surface area contributed by atoms with Crippen molar-refractivity contribution in [2.24, 2.45) is 11.7 Å². The summed E-state index contributed by atoms with van der Waals surface area (Å²) in [6.07, 6.45) is 3.87. The Kier molecular flexibility index (Phi) is 6.52. The molecule has 2 N–H and O–H groups in total. The second-order valence-corrected chi connectivity index (χ2v) is 4.73. The number of carbonyl (C=O) groups is 1. The Bertz CT molecular complexity index is 225. The van der Waals surface area contributed by atoms with Gasteiger partial charge in [-0.25, -0.2) is 0 Å². The van der Waals surface area contributed by atoms with Gasteiger partial charge in [-0.15, -0.1) is 0 Å². The van der Waals surface area contributed by atoms with Crippen molar-refractivity contribution in [1.82, 2.24) is 4.90 Å². The quantitative estimate of drug-likeness (QED) is 0.716.